The topological polar surface area (TPSA) is 38.0 Å². The lowest BCUT2D eigenvalue weighted by Gasteiger charge is -2.06. The highest BCUT2D eigenvalue weighted by Gasteiger charge is 1.97. The molecule has 0 saturated heterocycles. The molecule has 2 aromatic carbocycles. The number of hydrogen-bond donors (Lipinski definition) is 2. The first-order valence-corrected chi connectivity index (χ1v) is 6.19. The number of hydrogen-bond acceptors (Lipinski definition) is 2. The van der Waals surface area contributed by atoms with Crippen LogP contribution in [0.1, 0.15) is 17.5 Å². The molecule has 3 N–H and O–H groups in total. The van der Waals surface area contributed by atoms with Crippen LogP contribution in [0.3, 0.4) is 0 Å². The first-order valence-electron chi connectivity index (χ1n) is 6.19. The Morgan fingerprint density at radius 1 is 1.06 bits per heavy atom. The van der Waals surface area contributed by atoms with Crippen LogP contribution < -0.4 is 11.1 Å². The number of benzene rings is 2. The highest BCUT2D eigenvalue weighted by Crippen LogP contribution is 2.17. The van der Waals surface area contributed by atoms with Crippen LogP contribution in [0.4, 0.5) is 0 Å². The van der Waals surface area contributed by atoms with E-state index in [2.05, 4.69) is 48.6 Å². The van der Waals surface area contributed by atoms with Gasteiger partial charge in [0.1, 0.15) is 0 Å². The van der Waals surface area contributed by atoms with E-state index in [1.807, 2.05) is 0 Å². The molecule has 0 radical (unpaired) electrons. The largest absolute Gasteiger partial charge is 0.330 e. The van der Waals surface area contributed by atoms with E-state index in [-0.39, 0.29) is 0 Å². The van der Waals surface area contributed by atoms with Crippen molar-refractivity contribution in [1.29, 1.82) is 0 Å². The van der Waals surface area contributed by atoms with Crippen LogP contribution in [0, 0.1) is 6.92 Å². The molecule has 0 aliphatic rings. The van der Waals surface area contributed by atoms with Crippen LogP contribution in [0.2, 0.25) is 0 Å². The number of nitrogens with one attached hydrogen (secondary N) is 1. The molecule has 0 heterocycles. The summed E-state index contributed by atoms with van der Waals surface area (Å²) < 4.78 is 0. The molecule has 2 rings (SSSR count). The van der Waals surface area contributed by atoms with E-state index in [9.17, 15) is 0 Å². The summed E-state index contributed by atoms with van der Waals surface area (Å²) in [7, 11) is 0. The Balaban J connectivity index is 2.07. The molecule has 90 valence electrons. The van der Waals surface area contributed by atoms with Gasteiger partial charge < -0.3 is 11.1 Å². The van der Waals surface area contributed by atoms with Gasteiger partial charge in [-0.25, -0.2) is 0 Å². The Morgan fingerprint density at radius 3 is 2.65 bits per heavy atom. The van der Waals surface area contributed by atoms with Crippen LogP contribution in [-0.4, -0.2) is 13.1 Å². The third-order valence-corrected chi connectivity index (χ3v) is 2.95. The molecule has 0 aliphatic carbocycles. The van der Waals surface area contributed by atoms with Crippen molar-refractivity contribution in [3.8, 4) is 0 Å². The molecule has 0 saturated carbocycles. The van der Waals surface area contributed by atoms with Crippen LogP contribution in [-0.2, 0) is 6.54 Å². The van der Waals surface area contributed by atoms with E-state index < -0.39 is 0 Å². The molecule has 0 fully saturated rings. The fraction of sp³-hybridized carbons (Fsp3) is 0.333. The quantitative estimate of drug-likeness (QED) is 0.772. The minimum absolute atomic E-state index is 0.754. The van der Waals surface area contributed by atoms with Crippen LogP contribution >= 0.6 is 0 Å². The van der Waals surface area contributed by atoms with Gasteiger partial charge in [-0.2, -0.15) is 0 Å². The molecule has 0 aromatic heterocycles. The molecule has 2 aromatic rings. The average molecular weight is 228 g/mol. The Bertz CT molecular complexity index is 491. The summed E-state index contributed by atoms with van der Waals surface area (Å²) in [6.45, 7) is 4.79. The first-order chi connectivity index (χ1) is 8.29. The number of aryl methyl sites for hydroxylation is 1. The van der Waals surface area contributed by atoms with Gasteiger partial charge in [-0.3, -0.25) is 0 Å². The van der Waals surface area contributed by atoms with E-state index in [1.54, 1.807) is 0 Å². The summed E-state index contributed by atoms with van der Waals surface area (Å²) >= 11 is 0. The van der Waals surface area contributed by atoms with E-state index in [4.69, 9.17) is 5.73 Å². The lowest BCUT2D eigenvalue weighted by Crippen LogP contribution is -2.17. The highest BCUT2D eigenvalue weighted by atomic mass is 14.8. The Labute approximate surface area is 103 Å². The number of nitrogens with two attached hydrogens (primary N) is 1. The molecular weight excluding hydrogens is 208 g/mol. The summed E-state index contributed by atoms with van der Waals surface area (Å²) in [6, 6.07) is 13.2. The van der Waals surface area contributed by atoms with Gasteiger partial charge in [-0.1, -0.05) is 35.9 Å². The third kappa shape index (κ3) is 3.29. The van der Waals surface area contributed by atoms with Crippen LogP contribution in [0.15, 0.2) is 36.4 Å². The van der Waals surface area contributed by atoms with Gasteiger partial charge in [0.05, 0.1) is 0 Å². The van der Waals surface area contributed by atoms with E-state index in [0.29, 0.717) is 0 Å². The van der Waals surface area contributed by atoms with Gasteiger partial charge in [0, 0.05) is 6.54 Å². The molecule has 2 nitrogen and oxygen atoms in total. The SMILES string of the molecule is Cc1ccc2cc(CNCCCN)ccc2c1. The maximum atomic E-state index is 5.46. The molecule has 2 heteroatoms. The molecule has 0 unspecified atom stereocenters. The average Bonchev–Trinajstić information content (AvgIpc) is 2.35. The molecule has 0 bridgehead atoms. The second-order valence-corrected chi connectivity index (χ2v) is 4.50. The predicted octanol–water partition coefficient (Wildman–Crippen LogP) is 2.59. The van der Waals surface area contributed by atoms with Crippen molar-refractivity contribution in [3.05, 3.63) is 47.5 Å². The zero-order chi connectivity index (χ0) is 12.1. The summed E-state index contributed by atoms with van der Waals surface area (Å²) in [5.41, 5.74) is 8.10. The third-order valence-electron chi connectivity index (χ3n) is 2.95. The summed E-state index contributed by atoms with van der Waals surface area (Å²) in [6.07, 6.45) is 1.03. The molecule has 0 amide bonds. The minimum atomic E-state index is 0.754. The zero-order valence-electron chi connectivity index (χ0n) is 10.4. The summed E-state index contributed by atoms with van der Waals surface area (Å²) in [5, 5.41) is 6.03. The second-order valence-electron chi connectivity index (χ2n) is 4.50. The number of rotatable bonds is 5. The molecular formula is C15H20N2. The summed E-state index contributed by atoms with van der Waals surface area (Å²) in [5.74, 6) is 0. The monoisotopic (exact) mass is 228 g/mol. The lowest BCUT2D eigenvalue weighted by molar-refractivity contribution is 0.656. The standard InChI is InChI=1S/C15H20N2/c1-12-3-5-15-10-13(4-6-14(15)9-12)11-17-8-2-7-16/h3-6,9-10,17H,2,7-8,11,16H2,1H3. The van der Waals surface area contributed by atoms with Crippen molar-refractivity contribution in [1.82, 2.24) is 5.32 Å². The molecule has 0 aliphatic heterocycles. The van der Waals surface area contributed by atoms with Crippen molar-refractivity contribution >= 4 is 10.8 Å². The van der Waals surface area contributed by atoms with Crippen molar-refractivity contribution in [2.75, 3.05) is 13.1 Å². The fourth-order valence-corrected chi connectivity index (χ4v) is 1.98. The number of fused-ring (bicyclic) bond motifs is 1. The zero-order valence-corrected chi connectivity index (χ0v) is 10.4. The van der Waals surface area contributed by atoms with Gasteiger partial charge in [-0.05, 0) is 48.8 Å². The molecule has 0 atom stereocenters. The van der Waals surface area contributed by atoms with Crippen LogP contribution in [0.25, 0.3) is 10.8 Å². The van der Waals surface area contributed by atoms with Crippen molar-refractivity contribution in [3.63, 3.8) is 0 Å². The highest BCUT2D eigenvalue weighted by molar-refractivity contribution is 5.83. The van der Waals surface area contributed by atoms with Crippen molar-refractivity contribution in [2.45, 2.75) is 19.9 Å². The van der Waals surface area contributed by atoms with E-state index in [1.165, 1.54) is 21.9 Å². The van der Waals surface area contributed by atoms with E-state index >= 15 is 0 Å². The van der Waals surface area contributed by atoms with Crippen molar-refractivity contribution < 1.29 is 0 Å². The lowest BCUT2D eigenvalue weighted by atomic mass is 10.0. The Kier molecular flexibility index (Phi) is 4.13. The van der Waals surface area contributed by atoms with Gasteiger partial charge in [-0.15, -0.1) is 0 Å². The van der Waals surface area contributed by atoms with Gasteiger partial charge in [0.15, 0.2) is 0 Å². The first kappa shape index (κ1) is 12.1. The van der Waals surface area contributed by atoms with Gasteiger partial charge >= 0.3 is 0 Å². The van der Waals surface area contributed by atoms with Gasteiger partial charge in [0.25, 0.3) is 0 Å². The second kappa shape index (κ2) is 5.80. The Hall–Kier alpha value is -1.38. The maximum absolute atomic E-state index is 5.46. The Morgan fingerprint density at radius 2 is 1.82 bits per heavy atom. The predicted molar refractivity (Wildman–Crippen MR) is 74.1 cm³/mol. The van der Waals surface area contributed by atoms with Crippen molar-refractivity contribution in [2.24, 2.45) is 5.73 Å². The molecule has 0 spiro atoms. The van der Waals surface area contributed by atoms with Crippen LogP contribution in [0.5, 0.6) is 0 Å². The van der Waals surface area contributed by atoms with Gasteiger partial charge in [0.2, 0.25) is 0 Å². The normalized spacial score (nSPS) is 10.9. The summed E-state index contributed by atoms with van der Waals surface area (Å²) in [4.78, 5) is 0. The smallest absolute Gasteiger partial charge is 0.0205 e. The van der Waals surface area contributed by atoms with E-state index in [0.717, 1.165) is 26.1 Å². The maximum Gasteiger partial charge on any atom is 0.0205 e. The minimum Gasteiger partial charge on any atom is -0.330 e. The fourth-order valence-electron chi connectivity index (χ4n) is 1.98. The molecule has 17 heavy (non-hydrogen) atoms.